The summed E-state index contributed by atoms with van der Waals surface area (Å²) in [5, 5.41) is 2.83. The number of nitrogens with zero attached hydrogens (tertiary/aromatic N) is 1. The number of hydrogen-bond acceptors (Lipinski definition) is 4. The average molecular weight is 276 g/mol. The van der Waals surface area contributed by atoms with Crippen molar-refractivity contribution in [1.82, 2.24) is 9.62 Å². The van der Waals surface area contributed by atoms with Crippen molar-refractivity contribution >= 4 is 15.9 Å². The molecule has 0 aliphatic carbocycles. The van der Waals surface area contributed by atoms with Crippen LogP contribution in [0.5, 0.6) is 0 Å². The van der Waals surface area contributed by atoms with Crippen molar-refractivity contribution in [3.05, 3.63) is 0 Å². The lowest BCUT2D eigenvalue weighted by molar-refractivity contribution is -0.128. The highest BCUT2D eigenvalue weighted by atomic mass is 32.2. The Kier molecular flexibility index (Phi) is 4.24. The fourth-order valence-electron chi connectivity index (χ4n) is 2.33. The molecule has 1 atom stereocenters. The first-order valence-corrected chi connectivity index (χ1v) is 8.03. The molecule has 2 fully saturated rings. The Balaban J connectivity index is 2.00. The zero-order chi connectivity index (χ0) is 13.2. The molecule has 7 heteroatoms. The number of ether oxygens (including phenoxy) is 1. The molecule has 0 bridgehead atoms. The maximum Gasteiger partial charge on any atom is 0.238 e. The lowest BCUT2D eigenvalue weighted by Crippen LogP contribution is -2.54. The summed E-state index contributed by atoms with van der Waals surface area (Å²) in [6, 6.07) is -0.476. The first kappa shape index (κ1) is 13.8. The molecule has 0 aromatic carbocycles. The molecular formula is C11H20N2O4S. The van der Waals surface area contributed by atoms with Crippen LogP contribution in [0.1, 0.15) is 26.2 Å². The van der Waals surface area contributed by atoms with Crippen LogP contribution in [0.3, 0.4) is 0 Å². The minimum Gasteiger partial charge on any atom is -0.377 e. The molecule has 18 heavy (non-hydrogen) atoms. The van der Waals surface area contributed by atoms with Crippen molar-refractivity contribution in [3.8, 4) is 0 Å². The number of carbonyl (C=O) groups is 1. The average Bonchev–Trinajstić information content (AvgIpc) is 2.72. The third-order valence-electron chi connectivity index (χ3n) is 3.31. The van der Waals surface area contributed by atoms with Crippen LogP contribution in [0.25, 0.3) is 0 Å². The Morgan fingerprint density at radius 1 is 1.44 bits per heavy atom. The van der Waals surface area contributed by atoms with Crippen molar-refractivity contribution in [3.63, 3.8) is 0 Å². The predicted octanol–water partition coefficient (Wildman–Crippen LogP) is -0.294. The lowest BCUT2D eigenvalue weighted by Gasteiger charge is -2.30. The van der Waals surface area contributed by atoms with Gasteiger partial charge in [-0.25, -0.2) is 8.42 Å². The Hall–Kier alpha value is -0.660. The van der Waals surface area contributed by atoms with Gasteiger partial charge >= 0.3 is 0 Å². The van der Waals surface area contributed by atoms with Gasteiger partial charge in [0, 0.05) is 6.54 Å². The summed E-state index contributed by atoms with van der Waals surface area (Å²) in [6.07, 6.45) is 1.94. The van der Waals surface area contributed by atoms with Crippen molar-refractivity contribution in [2.45, 2.75) is 38.3 Å². The highest BCUT2D eigenvalue weighted by Crippen LogP contribution is 2.22. The molecule has 1 N–H and O–H groups in total. The van der Waals surface area contributed by atoms with Gasteiger partial charge in [-0.3, -0.25) is 4.79 Å². The number of hydrogen-bond donors (Lipinski definition) is 1. The second-order valence-electron chi connectivity index (χ2n) is 4.83. The molecule has 2 aliphatic rings. The molecule has 0 radical (unpaired) electrons. The summed E-state index contributed by atoms with van der Waals surface area (Å²) in [4.78, 5) is 12.0. The van der Waals surface area contributed by atoms with Gasteiger partial charge in [-0.05, 0) is 19.3 Å². The molecular weight excluding hydrogens is 256 g/mol. The standard InChI is InChI=1S/C11H20N2O4S/c1-2-6-18(15,16)13-5-3-4-10(13)11(14)12-9-7-17-8-9/h9-10H,2-8H2,1H3,(H,12,14). The monoisotopic (exact) mass is 276 g/mol. The molecule has 6 nitrogen and oxygen atoms in total. The van der Waals surface area contributed by atoms with E-state index in [9.17, 15) is 13.2 Å². The van der Waals surface area contributed by atoms with Crippen LogP contribution in [0.4, 0.5) is 0 Å². The largest absolute Gasteiger partial charge is 0.377 e. The first-order chi connectivity index (χ1) is 8.54. The second-order valence-corrected chi connectivity index (χ2v) is 6.87. The molecule has 1 unspecified atom stereocenters. The van der Waals surface area contributed by atoms with E-state index in [0.717, 1.165) is 6.42 Å². The van der Waals surface area contributed by atoms with E-state index in [1.807, 2.05) is 6.92 Å². The molecule has 2 aliphatic heterocycles. The van der Waals surface area contributed by atoms with E-state index < -0.39 is 16.1 Å². The van der Waals surface area contributed by atoms with E-state index in [4.69, 9.17) is 4.74 Å². The van der Waals surface area contributed by atoms with Gasteiger partial charge in [0.15, 0.2) is 0 Å². The van der Waals surface area contributed by atoms with E-state index >= 15 is 0 Å². The van der Waals surface area contributed by atoms with Crippen molar-refractivity contribution < 1.29 is 17.9 Å². The third kappa shape index (κ3) is 2.84. The molecule has 2 rings (SSSR count). The van der Waals surface area contributed by atoms with Crippen LogP contribution in [-0.4, -0.2) is 56.2 Å². The first-order valence-electron chi connectivity index (χ1n) is 6.42. The molecule has 0 saturated carbocycles. The number of amides is 1. The normalized spacial score (nSPS) is 25.9. The van der Waals surface area contributed by atoms with E-state index in [2.05, 4.69) is 5.32 Å². The molecule has 0 aromatic rings. The molecule has 2 heterocycles. The minimum absolute atomic E-state index is 0.0498. The van der Waals surface area contributed by atoms with Crippen LogP contribution in [-0.2, 0) is 19.6 Å². The van der Waals surface area contributed by atoms with Crippen molar-refractivity contribution in [2.75, 3.05) is 25.5 Å². The van der Waals surface area contributed by atoms with Gasteiger partial charge < -0.3 is 10.1 Å². The fraction of sp³-hybridized carbons (Fsp3) is 0.909. The molecule has 1 amide bonds. The van der Waals surface area contributed by atoms with Crippen LogP contribution in [0, 0.1) is 0 Å². The molecule has 0 aromatic heterocycles. The van der Waals surface area contributed by atoms with Crippen LogP contribution in [0.2, 0.25) is 0 Å². The van der Waals surface area contributed by atoms with Gasteiger partial charge in [0.1, 0.15) is 6.04 Å². The summed E-state index contributed by atoms with van der Waals surface area (Å²) in [5.41, 5.74) is 0. The maximum absolute atomic E-state index is 12.0. The predicted molar refractivity (Wildman–Crippen MR) is 66.6 cm³/mol. The molecule has 0 spiro atoms. The quantitative estimate of drug-likeness (QED) is 0.748. The topological polar surface area (TPSA) is 75.7 Å². The van der Waals surface area contributed by atoms with Crippen molar-refractivity contribution in [1.29, 1.82) is 0 Å². The van der Waals surface area contributed by atoms with Gasteiger partial charge in [-0.15, -0.1) is 0 Å². The van der Waals surface area contributed by atoms with Gasteiger partial charge in [-0.2, -0.15) is 4.31 Å². The number of rotatable bonds is 5. The minimum atomic E-state index is -3.29. The highest BCUT2D eigenvalue weighted by Gasteiger charge is 2.39. The number of sulfonamides is 1. The van der Waals surface area contributed by atoms with E-state index in [-0.39, 0.29) is 17.7 Å². The van der Waals surface area contributed by atoms with Crippen LogP contribution < -0.4 is 5.32 Å². The summed E-state index contributed by atoms with van der Waals surface area (Å²) < 4.78 is 30.4. The lowest BCUT2D eigenvalue weighted by atomic mass is 10.2. The van der Waals surface area contributed by atoms with Crippen molar-refractivity contribution in [2.24, 2.45) is 0 Å². The van der Waals surface area contributed by atoms with Gasteiger partial charge in [0.2, 0.25) is 15.9 Å². The SMILES string of the molecule is CCCS(=O)(=O)N1CCCC1C(=O)NC1COC1. The second kappa shape index (κ2) is 5.54. The fourth-order valence-corrected chi connectivity index (χ4v) is 4.07. The zero-order valence-electron chi connectivity index (χ0n) is 10.6. The number of carbonyl (C=O) groups excluding carboxylic acids is 1. The Morgan fingerprint density at radius 2 is 2.17 bits per heavy atom. The Labute approximate surface area is 108 Å². The van der Waals surface area contributed by atoms with Gasteiger partial charge in [-0.1, -0.05) is 6.92 Å². The summed E-state index contributed by atoms with van der Waals surface area (Å²) in [5.74, 6) is -0.0657. The van der Waals surface area contributed by atoms with E-state index in [1.165, 1.54) is 4.31 Å². The summed E-state index contributed by atoms with van der Waals surface area (Å²) >= 11 is 0. The molecule has 2 saturated heterocycles. The number of nitrogens with one attached hydrogen (secondary N) is 1. The summed E-state index contributed by atoms with van der Waals surface area (Å²) in [7, 11) is -3.29. The van der Waals surface area contributed by atoms with Crippen LogP contribution >= 0.6 is 0 Å². The van der Waals surface area contributed by atoms with E-state index in [0.29, 0.717) is 32.6 Å². The van der Waals surface area contributed by atoms with Gasteiger partial charge in [0.25, 0.3) is 0 Å². The van der Waals surface area contributed by atoms with Gasteiger partial charge in [0.05, 0.1) is 25.0 Å². The smallest absolute Gasteiger partial charge is 0.238 e. The van der Waals surface area contributed by atoms with E-state index in [1.54, 1.807) is 0 Å². The Bertz CT molecular complexity index is 405. The highest BCUT2D eigenvalue weighted by molar-refractivity contribution is 7.89. The molecule has 104 valence electrons. The van der Waals surface area contributed by atoms with Crippen LogP contribution in [0.15, 0.2) is 0 Å². The zero-order valence-corrected chi connectivity index (χ0v) is 11.4. The Morgan fingerprint density at radius 3 is 2.72 bits per heavy atom. The summed E-state index contributed by atoms with van der Waals surface area (Å²) in [6.45, 7) is 3.34. The third-order valence-corrected chi connectivity index (χ3v) is 5.39. The maximum atomic E-state index is 12.0.